The molecule has 1 saturated carbocycles. The number of nitrogens with one attached hydrogen (secondary N) is 1. The summed E-state index contributed by atoms with van der Waals surface area (Å²) in [4.78, 5) is 13.9. The fraction of sp³-hybridized carbons (Fsp3) is 0.296. The van der Waals surface area contributed by atoms with Crippen molar-refractivity contribution in [2.24, 2.45) is 0 Å². The largest absolute Gasteiger partial charge is 0.354 e. The van der Waals surface area contributed by atoms with Crippen LogP contribution >= 0.6 is 0 Å². The number of aromatic nitrogens is 4. The Balaban J connectivity index is 1.21. The standard InChI is InChI=1S/C27H29N7/c1-19(20-7-8-28-27(15-20)33-11-9-32(2)10-12-33)31-26-14-23-13-21(3-4-22(23)16-29-26)24-17-30-34(18-24)25-5-6-25/h3-4,7-8,13-18,25H,1,5-6,9-12H2,2H3,(H,29,31). The molecule has 1 aliphatic carbocycles. The van der Waals surface area contributed by atoms with Crippen molar-refractivity contribution in [3.63, 3.8) is 0 Å². The summed E-state index contributed by atoms with van der Waals surface area (Å²) in [6, 6.07) is 13.2. The lowest BCUT2D eigenvalue weighted by Crippen LogP contribution is -2.44. The smallest absolute Gasteiger partial charge is 0.130 e. The Morgan fingerprint density at radius 2 is 1.79 bits per heavy atom. The first kappa shape index (κ1) is 20.9. The van der Waals surface area contributed by atoms with Crippen LogP contribution in [-0.4, -0.2) is 57.9 Å². The van der Waals surface area contributed by atoms with Gasteiger partial charge in [-0.05, 0) is 55.1 Å². The van der Waals surface area contributed by atoms with Gasteiger partial charge in [-0.25, -0.2) is 9.97 Å². The van der Waals surface area contributed by atoms with Crippen LogP contribution in [0.4, 0.5) is 11.6 Å². The van der Waals surface area contributed by atoms with Crippen molar-refractivity contribution in [2.45, 2.75) is 18.9 Å². The fourth-order valence-electron chi connectivity index (χ4n) is 4.46. The summed E-state index contributed by atoms with van der Waals surface area (Å²) in [5.41, 5.74) is 4.15. The molecule has 2 fully saturated rings. The molecule has 2 aliphatic rings. The van der Waals surface area contributed by atoms with Gasteiger partial charge in [-0.3, -0.25) is 4.68 Å². The molecule has 4 aromatic rings. The van der Waals surface area contributed by atoms with Crippen LogP contribution < -0.4 is 10.2 Å². The van der Waals surface area contributed by atoms with Crippen LogP contribution in [0.1, 0.15) is 24.4 Å². The van der Waals surface area contributed by atoms with E-state index in [0.29, 0.717) is 6.04 Å². The third-order valence-corrected chi connectivity index (χ3v) is 6.78. The third kappa shape index (κ3) is 4.26. The van der Waals surface area contributed by atoms with Crippen LogP contribution in [0.15, 0.2) is 67.8 Å². The maximum Gasteiger partial charge on any atom is 0.130 e. The molecule has 4 heterocycles. The van der Waals surface area contributed by atoms with E-state index in [0.717, 1.165) is 65.4 Å². The SMILES string of the molecule is C=C(Nc1cc2cc(-c3cnn(C4CC4)c3)ccc2cn1)c1ccnc(N2CCN(C)CC2)c1. The maximum atomic E-state index is 4.61. The number of pyridine rings is 2. The average Bonchev–Trinajstić information content (AvgIpc) is 3.60. The number of piperazine rings is 1. The minimum absolute atomic E-state index is 0.588. The molecule has 0 spiro atoms. The van der Waals surface area contributed by atoms with Crippen LogP contribution in [0, 0.1) is 0 Å². The van der Waals surface area contributed by atoms with Gasteiger partial charge in [-0.2, -0.15) is 5.10 Å². The first-order valence-electron chi connectivity index (χ1n) is 11.9. The second-order valence-electron chi connectivity index (χ2n) is 9.37. The highest BCUT2D eigenvalue weighted by Gasteiger charge is 2.24. The first-order valence-corrected chi connectivity index (χ1v) is 11.9. The van der Waals surface area contributed by atoms with Gasteiger partial charge in [0.2, 0.25) is 0 Å². The van der Waals surface area contributed by atoms with Gasteiger partial charge in [0.05, 0.1) is 12.2 Å². The molecule has 3 aromatic heterocycles. The summed E-state index contributed by atoms with van der Waals surface area (Å²) in [6.07, 6.45) is 10.4. The molecule has 0 bridgehead atoms. The van der Waals surface area contributed by atoms with Crippen molar-refractivity contribution >= 4 is 28.1 Å². The molecule has 0 radical (unpaired) electrons. The third-order valence-electron chi connectivity index (χ3n) is 6.78. The molecule has 0 atom stereocenters. The van der Waals surface area contributed by atoms with Gasteiger partial charge in [0.1, 0.15) is 11.6 Å². The van der Waals surface area contributed by atoms with Gasteiger partial charge in [-0.1, -0.05) is 18.7 Å². The Kier molecular flexibility index (Phi) is 5.26. The van der Waals surface area contributed by atoms with Crippen molar-refractivity contribution < 1.29 is 0 Å². The number of benzene rings is 1. The summed E-state index contributed by atoms with van der Waals surface area (Å²) in [6.45, 7) is 8.35. The molecule has 0 amide bonds. The van der Waals surface area contributed by atoms with Gasteiger partial charge in [0, 0.05) is 67.0 Å². The molecular weight excluding hydrogens is 422 g/mol. The van der Waals surface area contributed by atoms with E-state index in [1.807, 2.05) is 24.7 Å². The molecule has 6 rings (SSSR count). The molecule has 1 aromatic carbocycles. The van der Waals surface area contributed by atoms with E-state index < -0.39 is 0 Å². The Labute approximate surface area is 199 Å². The second-order valence-corrected chi connectivity index (χ2v) is 9.37. The quantitative estimate of drug-likeness (QED) is 0.460. The molecule has 1 saturated heterocycles. The molecular formula is C27H29N7. The molecule has 1 aliphatic heterocycles. The summed E-state index contributed by atoms with van der Waals surface area (Å²) in [5.74, 6) is 1.78. The lowest BCUT2D eigenvalue weighted by Gasteiger charge is -2.33. The van der Waals surface area contributed by atoms with E-state index >= 15 is 0 Å². The van der Waals surface area contributed by atoms with E-state index in [1.54, 1.807) is 0 Å². The Morgan fingerprint density at radius 3 is 2.62 bits per heavy atom. The van der Waals surface area contributed by atoms with E-state index in [9.17, 15) is 0 Å². The van der Waals surface area contributed by atoms with Crippen molar-refractivity contribution in [1.29, 1.82) is 0 Å². The summed E-state index contributed by atoms with van der Waals surface area (Å²) < 4.78 is 2.09. The predicted molar refractivity (Wildman–Crippen MR) is 138 cm³/mol. The van der Waals surface area contributed by atoms with E-state index in [2.05, 4.69) is 85.0 Å². The van der Waals surface area contributed by atoms with Crippen LogP contribution in [0.5, 0.6) is 0 Å². The van der Waals surface area contributed by atoms with E-state index in [-0.39, 0.29) is 0 Å². The highest BCUT2D eigenvalue weighted by molar-refractivity contribution is 5.89. The van der Waals surface area contributed by atoms with Crippen LogP contribution in [-0.2, 0) is 0 Å². The zero-order chi connectivity index (χ0) is 23.1. The average molecular weight is 452 g/mol. The maximum absolute atomic E-state index is 4.61. The van der Waals surface area contributed by atoms with Crippen LogP contribution in [0.25, 0.3) is 27.6 Å². The van der Waals surface area contributed by atoms with Gasteiger partial charge in [-0.15, -0.1) is 0 Å². The van der Waals surface area contributed by atoms with Gasteiger partial charge >= 0.3 is 0 Å². The zero-order valence-electron chi connectivity index (χ0n) is 19.5. The highest BCUT2D eigenvalue weighted by Crippen LogP contribution is 2.35. The minimum atomic E-state index is 0.588. The summed E-state index contributed by atoms with van der Waals surface area (Å²) in [5, 5.41) is 10.2. The molecule has 34 heavy (non-hydrogen) atoms. The van der Waals surface area contributed by atoms with Gasteiger partial charge in [0.15, 0.2) is 0 Å². The molecule has 172 valence electrons. The van der Waals surface area contributed by atoms with Crippen molar-refractivity contribution in [3.05, 3.63) is 73.3 Å². The van der Waals surface area contributed by atoms with Crippen molar-refractivity contribution in [1.82, 2.24) is 24.6 Å². The lowest BCUT2D eigenvalue weighted by atomic mass is 10.0. The van der Waals surface area contributed by atoms with Crippen molar-refractivity contribution in [3.8, 4) is 11.1 Å². The monoisotopic (exact) mass is 451 g/mol. The Bertz CT molecular complexity index is 1350. The van der Waals surface area contributed by atoms with Gasteiger partial charge < -0.3 is 15.1 Å². The number of nitrogens with zero attached hydrogens (tertiary/aromatic N) is 6. The Morgan fingerprint density at radius 1 is 0.941 bits per heavy atom. The number of hydrogen-bond donors (Lipinski definition) is 1. The molecule has 7 heteroatoms. The Hall–Kier alpha value is -3.71. The summed E-state index contributed by atoms with van der Waals surface area (Å²) >= 11 is 0. The number of likely N-dealkylation sites (N-methyl/N-ethyl adjacent to an activating group) is 1. The zero-order valence-corrected chi connectivity index (χ0v) is 19.5. The highest BCUT2D eigenvalue weighted by atomic mass is 15.3. The minimum Gasteiger partial charge on any atom is -0.354 e. The van der Waals surface area contributed by atoms with Crippen LogP contribution in [0.3, 0.4) is 0 Å². The molecule has 1 N–H and O–H groups in total. The normalized spacial score (nSPS) is 16.7. The van der Waals surface area contributed by atoms with E-state index in [1.165, 1.54) is 18.4 Å². The first-order chi connectivity index (χ1) is 16.6. The summed E-state index contributed by atoms with van der Waals surface area (Å²) in [7, 11) is 2.16. The van der Waals surface area contributed by atoms with Gasteiger partial charge in [0.25, 0.3) is 0 Å². The number of fused-ring (bicyclic) bond motifs is 1. The second kappa shape index (κ2) is 8.57. The number of hydrogen-bond acceptors (Lipinski definition) is 6. The van der Waals surface area contributed by atoms with E-state index in [4.69, 9.17) is 0 Å². The number of anilines is 2. The van der Waals surface area contributed by atoms with Crippen LogP contribution in [0.2, 0.25) is 0 Å². The lowest BCUT2D eigenvalue weighted by molar-refractivity contribution is 0.312. The van der Waals surface area contributed by atoms with Crippen molar-refractivity contribution in [2.75, 3.05) is 43.4 Å². The fourth-order valence-corrected chi connectivity index (χ4v) is 4.46. The number of rotatable bonds is 6. The predicted octanol–water partition coefficient (Wildman–Crippen LogP) is 4.66. The topological polar surface area (TPSA) is 62.1 Å². The molecule has 0 unspecified atom stereocenters. The molecule has 7 nitrogen and oxygen atoms in total.